The summed E-state index contributed by atoms with van der Waals surface area (Å²) in [6.07, 6.45) is -5.05. The highest BCUT2D eigenvalue weighted by atomic mass is 19.4. The molecule has 0 atom stereocenters. The van der Waals surface area contributed by atoms with E-state index in [4.69, 9.17) is 9.47 Å². The Morgan fingerprint density at radius 1 is 1.06 bits per heavy atom. The number of carbonyl (C=O) groups is 1. The number of benzene rings is 2. The Kier molecular flexibility index (Phi) is 6.23. The standard InChI is InChI=1S/C18H12F3N5O7/c1-2-32-17(27)15-14(22-24-23-15)9-3-5-11(6-4-9)33-16-12(25(28)29)7-10(18(19,20)21)8-13(16)26(30)31/h3-8H,2H2,1H3,(H,22,23,24). The maximum Gasteiger partial charge on any atom is 0.416 e. The molecule has 0 amide bonds. The molecule has 3 aromatic rings. The number of nitro groups is 2. The zero-order chi connectivity index (χ0) is 24.3. The van der Waals surface area contributed by atoms with Crippen molar-refractivity contribution < 1.29 is 37.3 Å². The number of H-pyrrole nitrogens is 1. The molecular formula is C18H12F3N5O7. The fraction of sp³-hybridized carbons (Fsp3) is 0.167. The summed E-state index contributed by atoms with van der Waals surface area (Å²) >= 11 is 0. The highest BCUT2D eigenvalue weighted by molar-refractivity contribution is 5.93. The first kappa shape index (κ1) is 23.1. The number of nitrogens with zero attached hydrogens (tertiary/aromatic N) is 4. The van der Waals surface area contributed by atoms with Gasteiger partial charge < -0.3 is 9.47 Å². The lowest BCUT2D eigenvalue weighted by Crippen LogP contribution is -2.08. The molecule has 0 aliphatic rings. The highest BCUT2D eigenvalue weighted by Gasteiger charge is 2.38. The van der Waals surface area contributed by atoms with Crippen molar-refractivity contribution in [3.05, 3.63) is 67.9 Å². The molecule has 1 N–H and O–H groups in total. The minimum absolute atomic E-state index is 0.0998. The van der Waals surface area contributed by atoms with Crippen molar-refractivity contribution >= 4 is 17.3 Å². The zero-order valence-corrected chi connectivity index (χ0v) is 16.5. The van der Waals surface area contributed by atoms with Crippen LogP contribution in [0.5, 0.6) is 11.5 Å². The van der Waals surface area contributed by atoms with Crippen LogP contribution in [0.2, 0.25) is 0 Å². The Labute approximate surface area is 181 Å². The lowest BCUT2D eigenvalue weighted by Gasteiger charge is -2.11. The van der Waals surface area contributed by atoms with Crippen molar-refractivity contribution in [2.75, 3.05) is 6.61 Å². The molecule has 0 aliphatic carbocycles. The first-order chi connectivity index (χ1) is 15.5. The van der Waals surface area contributed by atoms with Gasteiger partial charge in [-0.3, -0.25) is 20.2 Å². The predicted octanol–water partition coefficient (Wildman–Crippen LogP) is 4.28. The fourth-order valence-electron chi connectivity index (χ4n) is 2.71. The molecule has 0 aliphatic heterocycles. The number of aromatic nitrogens is 3. The van der Waals surface area contributed by atoms with Crippen molar-refractivity contribution in [1.82, 2.24) is 15.4 Å². The van der Waals surface area contributed by atoms with Crippen molar-refractivity contribution in [2.45, 2.75) is 13.1 Å². The number of carbonyl (C=O) groups excluding carboxylic acids is 1. The van der Waals surface area contributed by atoms with Gasteiger partial charge in [-0.15, -0.1) is 5.10 Å². The normalized spacial score (nSPS) is 11.2. The summed E-state index contributed by atoms with van der Waals surface area (Å²) < 4.78 is 49.1. The summed E-state index contributed by atoms with van der Waals surface area (Å²) in [6.45, 7) is 1.70. The monoisotopic (exact) mass is 467 g/mol. The summed E-state index contributed by atoms with van der Waals surface area (Å²) in [6, 6.07) is 5.47. The van der Waals surface area contributed by atoms with Crippen LogP contribution in [0.1, 0.15) is 23.0 Å². The molecule has 15 heteroatoms. The van der Waals surface area contributed by atoms with Crippen LogP contribution in [0.4, 0.5) is 24.5 Å². The second-order valence-corrected chi connectivity index (χ2v) is 6.22. The molecule has 0 radical (unpaired) electrons. The first-order valence-electron chi connectivity index (χ1n) is 8.93. The highest BCUT2D eigenvalue weighted by Crippen LogP contribution is 2.44. The van der Waals surface area contributed by atoms with E-state index in [0.717, 1.165) is 0 Å². The van der Waals surface area contributed by atoms with Crippen molar-refractivity contribution in [1.29, 1.82) is 0 Å². The van der Waals surface area contributed by atoms with E-state index in [9.17, 15) is 38.2 Å². The van der Waals surface area contributed by atoms with Crippen LogP contribution in [-0.2, 0) is 10.9 Å². The van der Waals surface area contributed by atoms with Crippen LogP contribution in [-0.4, -0.2) is 37.8 Å². The number of rotatable bonds is 7. The zero-order valence-electron chi connectivity index (χ0n) is 16.5. The smallest absolute Gasteiger partial charge is 0.416 e. The fourth-order valence-corrected chi connectivity index (χ4v) is 2.71. The third kappa shape index (κ3) is 4.86. The van der Waals surface area contributed by atoms with Crippen LogP contribution < -0.4 is 4.74 Å². The van der Waals surface area contributed by atoms with Gasteiger partial charge in [-0.2, -0.15) is 23.5 Å². The van der Waals surface area contributed by atoms with Gasteiger partial charge in [0.05, 0.1) is 22.0 Å². The largest absolute Gasteiger partial charge is 0.461 e. The van der Waals surface area contributed by atoms with E-state index in [2.05, 4.69) is 15.4 Å². The second kappa shape index (κ2) is 8.89. The van der Waals surface area contributed by atoms with Gasteiger partial charge in [0.15, 0.2) is 5.69 Å². The molecule has 0 fully saturated rings. The van der Waals surface area contributed by atoms with Gasteiger partial charge in [0, 0.05) is 17.7 Å². The number of hydrogen-bond donors (Lipinski definition) is 1. The van der Waals surface area contributed by atoms with Gasteiger partial charge in [0.1, 0.15) is 11.4 Å². The minimum Gasteiger partial charge on any atom is -0.461 e. The van der Waals surface area contributed by atoms with Crippen LogP contribution >= 0.6 is 0 Å². The molecule has 0 unspecified atom stereocenters. The van der Waals surface area contributed by atoms with E-state index in [0.29, 0.717) is 5.56 Å². The van der Waals surface area contributed by atoms with Crippen LogP contribution in [0, 0.1) is 20.2 Å². The van der Waals surface area contributed by atoms with Crippen molar-refractivity contribution in [3.63, 3.8) is 0 Å². The van der Waals surface area contributed by atoms with Gasteiger partial charge in [-0.25, -0.2) is 4.79 Å². The summed E-state index contributed by atoms with van der Waals surface area (Å²) in [5.41, 5.74) is -3.69. The van der Waals surface area contributed by atoms with Gasteiger partial charge in [0.25, 0.3) is 5.75 Å². The lowest BCUT2D eigenvalue weighted by molar-refractivity contribution is -0.396. The molecule has 0 saturated carbocycles. The number of esters is 1. The lowest BCUT2D eigenvalue weighted by atomic mass is 10.1. The summed E-state index contributed by atoms with van der Waals surface area (Å²) in [5, 5.41) is 32.4. The molecule has 0 bridgehead atoms. The van der Waals surface area contributed by atoms with Gasteiger partial charge in [0.2, 0.25) is 0 Å². The quantitative estimate of drug-likeness (QED) is 0.303. The summed E-state index contributed by atoms with van der Waals surface area (Å²) in [5.74, 6) is -1.87. The molecule has 0 spiro atoms. The number of aromatic amines is 1. The van der Waals surface area contributed by atoms with Crippen LogP contribution in [0.3, 0.4) is 0 Å². The number of halogens is 3. The molecule has 12 nitrogen and oxygen atoms in total. The van der Waals surface area contributed by atoms with Gasteiger partial charge in [-0.05, 0) is 31.2 Å². The predicted molar refractivity (Wildman–Crippen MR) is 103 cm³/mol. The Bertz CT molecular complexity index is 1190. The number of alkyl halides is 3. The van der Waals surface area contributed by atoms with E-state index < -0.39 is 44.7 Å². The van der Waals surface area contributed by atoms with E-state index in [1.165, 1.54) is 24.3 Å². The first-order valence-corrected chi connectivity index (χ1v) is 8.93. The third-order valence-corrected chi connectivity index (χ3v) is 4.13. The van der Waals surface area contributed by atoms with Crippen LogP contribution in [0.15, 0.2) is 36.4 Å². The molecule has 2 aromatic carbocycles. The average Bonchev–Trinajstić information content (AvgIpc) is 3.23. The number of nitrogens with one attached hydrogen (secondary N) is 1. The Hall–Kier alpha value is -4.56. The Balaban J connectivity index is 2.00. The topological polar surface area (TPSA) is 163 Å². The van der Waals surface area contributed by atoms with E-state index >= 15 is 0 Å². The molecule has 172 valence electrons. The average molecular weight is 467 g/mol. The molecule has 1 aromatic heterocycles. The summed E-state index contributed by atoms with van der Waals surface area (Å²) in [7, 11) is 0. The maximum atomic E-state index is 13.0. The second-order valence-electron chi connectivity index (χ2n) is 6.22. The van der Waals surface area contributed by atoms with Gasteiger partial charge >= 0.3 is 23.5 Å². The third-order valence-electron chi connectivity index (χ3n) is 4.13. The van der Waals surface area contributed by atoms with E-state index in [1.54, 1.807) is 6.92 Å². The SMILES string of the molecule is CCOC(=O)c1n[nH]nc1-c1ccc(Oc2c([N+](=O)[O-])cc(C(F)(F)F)cc2[N+](=O)[O-])cc1. The number of hydrogen-bond acceptors (Lipinski definition) is 9. The van der Waals surface area contributed by atoms with Crippen molar-refractivity contribution in [3.8, 4) is 22.8 Å². The number of nitro benzene ring substituents is 2. The van der Waals surface area contributed by atoms with E-state index in [-0.39, 0.29) is 35.9 Å². The molecular weight excluding hydrogens is 455 g/mol. The molecule has 1 heterocycles. The van der Waals surface area contributed by atoms with Crippen LogP contribution in [0.25, 0.3) is 11.3 Å². The molecule has 3 rings (SSSR count). The molecule has 33 heavy (non-hydrogen) atoms. The van der Waals surface area contributed by atoms with Gasteiger partial charge in [-0.1, -0.05) is 0 Å². The van der Waals surface area contributed by atoms with E-state index in [1.807, 2.05) is 0 Å². The summed E-state index contributed by atoms with van der Waals surface area (Å²) in [4.78, 5) is 32.1. The number of ether oxygens (including phenoxy) is 2. The maximum absolute atomic E-state index is 13.0. The Morgan fingerprint density at radius 3 is 2.12 bits per heavy atom. The minimum atomic E-state index is -5.05. The Morgan fingerprint density at radius 2 is 1.64 bits per heavy atom. The van der Waals surface area contributed by atoms with Crippen molar-refractivity contribution in [2.24, 2.45) is 0 Å². The molecule has 0 saturated heterocycles.